The molecular formula is C14H18ClNO2. The van der Waals surface area contributed by atoms with Crippen LogP contribution in [-0.2, 0) is 0 Å². The second-order valence-electron chi connectivity index (χ2n) is 4.47. The molecule has 2 rings (SSSR count). The van der Waals surface area contributed by atoms with Crippen LogP contribution in [0.15, 0.2) is 18.2 Å². The second kappa shape index (κ2) is 6.10. The third-order valence-corrected chi connectivity index (χ3v) is 3.54. The number of hydrogen-bond acceptors (Lipinski definition) is 2. The van der Waals surface area contributed by atoms with E-state index in [0.29, 0.717) is 24.5 Å². The van der Waals surface area contributed by atoms with E-state index in [0.717, 1.165) is 24.8 Å². The fourth-order valence-electron chi connectivity index (χ4n) is 2.02. The molecule has 18 heavy (non-hydrogen) atoms. The number of rotatable bonds is 4. The van der Waals surface area contributed by atoms with Gasteiger partial charge in [0.1, 0.15) is 12.4 Å². The van der Waals surface area contributed by atoms with E-state index in [-0.39, 0.29) is 11.3 Å². The van der Waals surface area contributed by atoms with Gasteiger partial charge in [-0.15, -0.1) is 11.6 Å². The zero-order chi connectivity index (χ0) is 13.0. The minimum Gasteiger partial charge on any atom is -0.491 e. The van der Waals surface area contributed by atoms with Crippen molar-refractivity contribution in [3.8, 4) is 5.75 Å². The molecule has 1 atom stereocenters. The van der Waals surface area contributed by atoms with Crippen molar-refractivity contribution in [2.75, 3.05) is 13.2 Å². The molecule has 1 aliphatic heterocycles. The molecule has 0 aliphatic carbocycles. The maximum Gasteiger partial charge on any atom is 0.255 e. The lowest BCUT2D eigenvalue weighted by Crippen LogP contribution is -2.24. The summed E-state index contributed by atoms with van der Waals surface area (Å²) < 4.78 is 5.51. The van der Waals surface area contributed by atoms with E-state index in [2.05, 4.69) is 12.2 Å². The van der Waals surface area contributed by atoms with Gasteiger partial charge in [-0.2, -0.15) is 0 Å². The van der Waals surface area contributed by atoms with Crippen molar-refractivity contribution in [3.05, 3.63) is 29.3 Å². The molecule has 0 bridgehead atoms. The molecule has 0 saturated heterocycles. The highest BCUT2D eigenvalue weighted by Crippen LogP contribution is 2.30. The zero-order valence-corrected chi connectivity index (χ0v) is 11.3. The quantitative estimate of drug-likeness (QED) is 0.851. The average molecular weight is 268 g/mol. The number of carbonyl (C=O) groups is 1. The van der Waals surface area contributed by atoms with Crippen LogP contribution in [0.4, 0.5) is 0 Å². The van der Waals surface area contributed by atoms with Gasteiger partial charge in [-0.25, -0.2) is 0 Å². The van der Waals surface area contributed by atoms with Gasteiger partial charge >= 0.3 is 0 Å². The molecule has 1 heterocycles. The number of fused-ring (bicyclic) bond motifs is 1. The lowest BCUT2D eigenvalue weighted by molar-refractivity contribution is 0.0957. The topological polar surface area (TPSA) is 38.3 Å². The third-order valence-electron chi connectivity index (χ3n) is 3.07. The van der Waals surface area contributed by atoms with Crippen molar-refractivity contribution in [1.82, 2.24) is 5.32 Å². The largest absolute Gasteiger partial charge is 0.491 e. The van der Waals surface area contributed by atoms with Crippen LogP contribution in [0.2, 0.25) is 0 Å². The standard InChI is InChI=1S/C14H18ClNO2/c1-2-3-4-12(15)10-5-6-13-11(9-10)14(17)16-7-8-18-13/h5-6,9,12H,2-4,7-8H2,1H3,(H,16,17). The number of carbonyl (C=O) groups excluding carboxylic acids is 1. The lowest BCUT2D eigenvalue weighted by atomic mass is 10.0. The molecule has 98 valence electrons. The molecule has 0 spiro atoms. The molecule has 3 nitrogen and oxygen atoms in total. The number of amides is 1. The van der Waals surface area contributed by atoms with Gasteiger partial charge in [0.05, 0.1) is 17.5 Å². The highest BCUT2D eigenvalue weighted by atomic mass is 35.5. The fourth-order valence-corrected chi connectivity index (χ4v) is 2.31. The van der Waals surface area contributed by atoms with Crippen LogP contribution in [0.1, 0.15) is 47.5 Å². The molecule has 1 aromatic rings. The summed E-state index contributed by atoms with van der Waals surface area (Å²) in [6.45, 7) is 3.20. The van der Waals surface area contributed by atoms with Gasteiger partial charge in [-0.1, -0.05) is 25.8 Å². The minimum absolute atomic E-state index is 0.0358. The Bertz CT molecular complexity index is 434. The summed E-state index contributed by atoms with van der Waals surface area (Å²) in [4.78, 5) is 11.9. The van der Waals surface area contributed by atoms with Crippen LogP contribution in [0, 0.1) is 0 Å². The van der Waals surface area contributed by atoms with Crippen molar-refractivity contribution >= 4 is 17.5 Å². The summed E-state index contributed by atoms with van der Waals surface area (Å²) >= 11 is 6.34. The van der Waals surface area contributed by atoms with Gasteiger partial charge in [0.25, 0.3) is 5.91 Å². The minimum atomic E-state index is -0.0799. The summed E-state index contributed by atoms with van der Waals surface area (Å²) in [5, 5.41) is 2.77. The monoisotopic (exact) mass is 267 g/mol. The van der Waals surface area contributed by atoms with E-state index in [9.17, 15) is 4.79 Å². The van der Waals surface area contributed by atoms with Crippen molar-refractivity contribution in [3.63, 3.8) is 0 Å². The Hall–Kier alpha value is -1.22. The van der Waals surface area contributed by atoms with Crippen LogP contribution in [-0.4, -0.2) is 19.1 Å². The summed E-state index contributed by atoms with van der Waals surface area (Å²) in [7, 11) is 0. The predicted octanol–water partition coefficient (Wildman–Crippen LogP) is 3.28. The summed E-state index contributed by atoms with van der Waals surface area (Å²) in [5.74, 6) is 0.566. The summed E-state index contributed by atoms with van der Waals surface area (Å²) in [6.07, 6.45) is 3.14. The molecule has 0 saturated carbocycles. The molecule has 1 N–H and O–H groups in total. The highest BCUT2D eigenvalue weighted by molar-refractivity contribution is 6.20. The maximum atomic E-state index is 11.9. The van der Waals surface area contributed by atoms with Gasteiger partial charge < -0.3 is 10.1 Å². The smallest absolute Gasteiger partial charge is 0.255 e. The van der Waals surface area contributed by atoms with Crippen LogP contribution in [0.25, 0.3) is 0 Å². The fraction of sp³-hybridized carbons (Fsp3) is 0.500. The van der Waals surface area contributed by atoms with Gasteiger partial charge in [0.15, 0.2) is 0 Å². The van der Waals surface area contributed by atoms with Crippen molar-refractivity contribution in [2.24, 2.45) is 0 Å². The van der Waals surface area contributed by atoms with E-state index < -0.39 is 0 Å². The Morgan fingerprint density at radius 1 is 1.50 bits per heavy atom. The lowest BCUT2D eigenvalue weighted by Gasteiger charge is -2.12. The zero-order valence-electron chi connectivity index (χ0n) is 10.5. The normalized spacial score (nSPS) is 16.2. The van der Waals surface area contributed by atoms with Crippen LogP contribution < -0.4 is 10.1 Å². The van der Waals surface area contributed by atoms with E-state index in [1.165, 1.54) is 0 Å². The van der Waals surface area contributed by atoms with E-state index in [4.69, 9.17) is 16.3 Å². The van der Waals surface area contributed by atoms with Gasteiger partial charge in [0.2, 0.25) is 0 Å². The molecule has 0 fully saturated rings. The molecular weight excluding hydrogens is 250 g/mol. The average Bonchev–Trinajstić information content (AvgIpc) is 2.58. The van der Waals surface area contributed by atoms with E-state index in [1.807, 2.05) is 18.2 Å². The Kier molecular flexibility index (Phi) is 4.48. The Morgan fingerprint density at radius 2 is 2.33 bits per heavy atom. The van der Waals surface area contributed by atoms with Crippen molar-refractivity contribution in [1.29, 1.82) is 0 Å². The first-order valence-corrected chi connectivity index (χ1v) is 6.85. The SMILES string of the molecule is CCCCC(Cl)c1ccc2c(c1)C(=O)NCCO2. The number of alkyl halides is 1. The summed E-state index contributed by atoms with van der Waals surface area (Å²) in [5.41, 5.74) is 1.58. The molecule has 1 aromatic carbocycles. The second-order valence-corrected chi connectivity index (χ2v) is 5.00. The molecule has 1 amide bonds. The molecule has 0 aromatic heterocycles. The van der Waals surface area contributed by atoms with Crippen LogP contribution >= 0.6 is 11.6 Å². The first kappa shape index (κ1) is 13.2. The van der Waals surface area contributed by atoms with Gasteiger partial charge in [-0.3, -0.25) is 4.79 Å². The maximum absolute atomic E-state index is 11.9. The Labute approximate surface area is 112 Å². The van der Waals surface area contributed by atoms with E-state index >= 15 is 0 Å². The Morgan fingerprint density at radius 3 is 3.11 bits per heavy atom. The number of ether oxygens (including phenoxy) is 1. The molecule has 1 unspecified atom stereocenters. The molecule has 0 radical (unpaired) electrons. The number of unbranched alkanes of at least 4 members (excludes halogenated alkanes) is 1. The highest BCUT2D eigenvalue weighted by Gasteiger charge is 2.18. The first-order chi connectivity index (χ1) is 8.72. The third kappa shape index (κ3) is 2.96. The van der Waals surface area contributed by atoms with Gasteiger partial charge in [0, 0.05) is 0 Å². The predicted molar refractivity (Wildman–Crippen MR) is 72.4 cm³/mol. The molecule has 1 aliphatic rings. The Balaban J connectivity index is 2.22. The van der Waals surface area contributed by atoms with Crippen molar-refractivity contribution < 1.29 is 9.53 Å². The number of halogens is 1. The molecule has 4 heteroatoms. The van der Waals surface area contributed by atoms with Gasteiger partial charge in [-0.05, 0) is 24.1 Å². The summed E-state index contributed by atoms with van der Waals surface area (Å²) in [6, 6.07) is 5.64. The first-order valence-electron chi connectivity index (χ1n) is 6.41. The number of benzene rings is 1. The van der Waals surface area contributed by atoms with Crippen molar-refractivity contribution in [2.45, 2.75) is 31.6 Å². The number of nitrogens with one attached hydrogen (secondary N) is 1. The van der Waals surface area contributed by atoms with Crippen LogP contribution in [0.5, 0.6) is 5.75 Å². The van der Waals surface area contributed by atoms with E-state index in [1.54, 1.807) is 0 Å². The number of hydrogen-bond donors (Lipinski definition) is 1. The van der Waals surface area contributed by atoms with Crippen LogP contribution in [0.3, 0.4) is 0 Å².